The number of likely N-dealkylation sites (tertiary alicyclic amines) is 1. The van der Waals surface area contributed by atoms with Crippen LogP contribution in [0, 0.1) is 12.8 Å². The Morgan fingerprint density at radius 3 is 2.26 bits per heavy atom. The van der Waals surface area contributed by atoms with E-state index in [4.69, 9.17) is 4.74 Å². The molecule has 1 heterocycles. The van der Waals surface area contributed by atoms with E-state index < -0.39 is 5.60 Å². The number of carbonyl (C=O) groups is 2. The Kier molecular flexibility index (Phi) is 7.33. The average molecular weight is 425 g/mol. The number of benzene rings is 2. The molecule has 0 radical (unpaired) electrons. The number of aryl methyl sites for hydroxylation is 1. The number of nitrogens with one attached hydrogen (secondary N) is 1. The van der Waals surface area contributed by atoms with Crippen molar-refractivity contribution in [3.8, 4) is 0 Å². The monoisotopic (exact) mass is 424 g/mol. The van der Waals surface area contributed by atoms with Gasteiger partial charge in [-0.3, -0.25) is 4.79 Å². The van der Waals surface area contributed by atoms with Gasteiger partial charge in [-0.25, -0.2) is 4.79 Å². The smallest absolute Gasteiger partial charge is 0.410 e. The number of carbonyl (C=O) groups excluding carboxylic acids is 2. The summed E-state index contributed by atoms with van der Waals surface area (Å²) in [6, 6.07) is 15.0. The Labute approximate surface area is 184 Å². The van der Waals surface area contributed by atoms with Crippen LogP contribution in [-0.2, 0) is 16.9 Å². The van der Waals surface area contributed by atoms with Crippen LogP contribution < -0.4 is 5.32 Å². The summed E-state index contributed by atoms with van der Waals surface area (Å²) in [6.07, 6.45) is 1.38. The first-order valence-electron chi connectivity index (χ1n) is 10.8. The number of rotatable bonds is 6. The van der Waals surface area contributed by atoms with Gasteiger partial charge in [0.15, 0.2) is 0 Å². The van der Waals surface area contributed by atoms with Crippen LogP contribution in [-0.4, -0.2) is 41.6 Å². The first-order valence-corrected chi connectivity index (χ1v) is 10.8. The predicted octanol–water partition coefficient (Wildman–Crippen LogP) is 4.00. The molecule has 2 aromatic carbocycles. The molecule has 0 aromatic heterocycles. The van der Waals surface area contributed by atoms with E-state index in [1.54, 1.807) is 43.0 Å². The zero-order valence-corrected chi connectivity index (χ0v) is 18.6. The molecule has 6 nitrogen and oxygen atoms in total. The van der Waals surface area contributed by atoms with Gasteiger partial charge < -0.3 is 20.1 Å². The van der Waals surface area contributed by atoms with E-state index >= 15 is 0 Å². The van der Waals surface area contributed by atoms with Gasteiger partial charge in [0, 0.05) is 25.2 Å². The van der Waals surface area contributed by atoms with E-state index in [0.29, 0.717) is 31.1 Å². The maximum absolute atomic E-state index is 12.4. The second-order valence-corrected chi connectivity index (χ2v) is 8.82. The van der Waals surface area contributed by atoms with Crippen LogP contribution in [0.15, 0.2) is 48.5 Å². The van der Waals surface area contributed by atoms with Crippen LogP contribution in [0.4, 0.5) is 4.79 Å². The fourth-order valence-electron chi connectivity index (χ4n) is 3.61. The zero-order chi connectivity index (χ0) is 22.4. The molecule has 1 aliphatic heterocycles. The summed E-state index contributed by atoms with van der Waals surface area (Å²) in [5, 5.41) is 13.0. The average Bonchev–Trinajstić information content (AvgIpc) is 2.76. The predicted molar refractivity (Wildman–Crippen MR) is 120 cm³/mol. The van der Waals surface area contributed by atoms with Crippen molar-refractivity contribution in [2.45, 2.75) is 45.8 Å². The van der Waals surface area contributed by atoms with Gasteiger partial charge in [-0.05, 0) is 62.8 Å². The van der Waals surface area contributed by atoms with Crippen LogP contribution in [0.1, 0.15) is 53.7 Å². The third-order valence-corrected chi connectivity index (χ3v) is 5.76. The molecular weight excluding hydrogens is 392 g/mol. The molecule has 3 rings (SSSR count). The molecule has 0 unspecified atom stereocenters. The highest BCUT2D eigenvalue weighted by molar-refractivity contribution is 5.94. The van der Waals surface area contributed by atoms with Crippen molar-refractivity contribution in [3.05, 3.63) is 70.8 Å². The van der Waals surface area contributed by atoms with Crippen molar-refractivity contribution >= 4 is 12.0 Å². The molecular formula is C25H32N2O4. The van der Waals surface area contributed by atoms with Crippen molar-refractivity contribution in [3.63, 3.8) is 0 Å². The molecule has 1 saturated heterocycles. The van der Waals surface area contributed by atoms with Gasteiger partial charge in [-0.2, -0.15) is 0 Å². The highest BCUT2D eigenvalue weighted by atomic mass is 16.6. The lowest BCUT2D eigenvalue weighted by molar-refractivity contribution is 0.0784. The summed E-state index contributed by atoms with van der Waals surface area (Å²) in [4.78, 5) is 26.5. The van der Waals surface area contributed by atoms with Gasteiger partial charge in [0.05, 0.1) is 5.60 Å². The van der Waals surface area contributed by atoms with Crippen LogP contribution in [0.3, 0.4) is 0 Å². The maximum Gasteiger partial charge on any atom is 0.410 e. The van der Waals surface area contributed by atoms with E-state index in [-0.39, 0.29) is 18.6 Å². The topological polar surface area (TPSA) is 78.9 Å². The number of piperidine rings is 1. The Morgan fingerprint density at radius 2 is 1.68 bits per heavy atom. The first kappa shape index (κ1) is 22.8. The Hall–Kier alpha value is -2.86. The third-order valence-electron chi connectivity index (χ3n) is 5.76. The van der Waals surface area contributed by atoms with E-state index in [1.807, 2.05) is 31.2 Å². The molecule has 166 valence electrons. The summed E-state index contributed by atoms with van der Waals surface area (Å²) >= 11 is 0. The SMILES string of the molecule is Cc1ccc(COC(=O)N2CCC(CNC(=O)c3ccc(C(C)(C)O)cc3)CC2)cc1. The number of nitrogens with zero attached hydrogens (tertiary/aromatic N) is 1. The van der Waals surface area contributed by atoms with Crippen LogP contribution in [0.25, 0.3) is 0 Å². The van der Waals surface area contributed by atoms with Crippen molar-refractivity contribution in [1.82, 2.24) is 10.2 Å². The van der Waals surface area contributed by atoms with Gasteiger partial charge in [0.25, 0.3) is 5.91 Å². The van der Waals surface area contributed by atoms with Crippen LogP contribution >= 0.6 is 0 Å². The molecule has 0 saturated carbocycles. The normalized spacial score (nSPS) is 14.9. The lowest BCUT2D eigenvalue weighted by Gasteiger charge is -2.31. The van der Waals surface area contributed by atoms with Crippen molar-refractivity contribution in [2.24, 2.45) is 5.92 Å². The van der Waals surface area contributed by atoms with Crippen molar-refractivity contribution in [1.29, 1.82) is 0 Å². The molecule has 2 aromatic rings. The molecule has 2 N–H and O–H groups in total. The van der Waals surface area contributed by atoms with Gasteiger partial charge in [-0.15, -0.1) is 0 Å². The minimum atomic E-state index is -0.926. The number of ether oxygens (including phenoxy) is 1. The van der Waals surface area contributed by atoms with E-state index in [0.717, 1.165) is 24.0 Å². The second-order valence-electron chi connectivity index (χ2n) is 8.82. The van der Waals surface area contributed by atoms with Crippen LogP contribution in [0.2, 0.25) is 0 Å². The Balaban J connectivity index is 1.39. The highest BCUT2D eigenvalue weighted by Gasteiger charge is 2.24. The molecule has 0 spiro atoms. The molecule has 6 heteroatoms. The first-order chi connectivity index (χ1) is 14.7. The summed E-state index contributed by atoms with van der Waals surface area (Å²) < 4.78 is 5.43. The molecule has 2 amide bonds. The Morgan fingerprint density at radius 1 is 1.06 bits per heavy atom. The minimum Gasteiger partial charge on any atom is -0.445 e. The minimum absolute atomic E-state index is 0.123. The van der Waals surface area contributed by atoms with Crippen LogP contribution in [0.5, 0.6) is 0 Å². The summed E-state index contributed by atoms with van der Waals surface area (Å²) in [5.74, 6) is 0.211. The highest BCUT2D eigenvalue weighted by Crippen LogP contribution is 2.20. The van der Waals surface area contributed by atoms with E-state index in [9.17, 15) is 14.7 Å². The summed E-state index contributed by atoms with van der Waals surface area (Å²) in [7, 11) is 0. The fraction of sp³-hybridized carbons (Fsp3) is 0.440. The third kappa shape index (κ3) is 6.56. The fourth-order valence-corrected chi connectivity index (χ4v) is 3.61. The molecule has 0 aliphatic carbocycles. The molecule has 31 heavy (non-hydrogen) atoms. The quantitative estimate of drug-likeness (QED) is 0.735. The van der Waals surface area contributed by atoms with Crippen molar-refractivity contribution in [2.75, 3.05) is 19.6 Å². The van der Waals surface area contributed by atoms with E-state index in [1.165, 1.54) is 5.56 Å². The summed E-state index contributed by atoms with van der Waals surface area (Å²) in [5.41, 5.74) is 2.57. The van der Waals surface area contributed by atoms with Gasteiger partial charge in [0.1, 0.15) is 6.61 Å². The summed E-state index contributed by atoms with van der Waals surface area (Å²) in [6.45, 7) is 7.58. The van der Waals surface area contributed by atoms with Gasteiger partial charge in [-0.1, -0.05) is 42.0 Å². The number of aliphatic hydroxyl groups is 1. The number of hydrogen-bond acceptors (Lipinski definition) is 4. The number of hydrogen-bond donors (Lipinski definition) is 2. The largest absolute Gasteiger partial charge is 0.445 e. The van der Waals surface area contributed by atoms with Crippen molar-refractivity contribution < 1.29 is 19.4 Å². The maximum atomic E-state index is 12.4. The second kappa shape index (κ2) is 9.96. The van der Waals surface area contributed by atoms with Gasteiger partial charge >= 0.3 is 6.09 Å². The lowest BCUT2D eigenvalue weighted by atomic mass is 9.96. The molecule has 1 fully saturated rings. The lowest BCUT2D eigenvalue weighted by Crippen LogP contribution is -2.41. The molecule has 0 atom stereocenters. The van der Waals surface area contributed by atoms with E-state index in [2.05, 4.69) is 5.32 Å². The standard InChI is InChI=1S/C25H32N2O4/c1-18-4-6-20(7-5-18)17-31-24(29)27-14-12-19(13-15-27)16-26-23(28)21-8-10-22(11-9-21)25(2,3)30/h4-11,19,30H,12-17H2,1-3H3,(H,26,28). The Bertz CT molecular complexity index is 877. The number of amides is 2. The molecule has 0 bridgehead atoms. The molecule has 1 aliphatic rings. The van der Waals surface area contributed by atoms with Gasteiger partial charge in [0.2, 0.25) is 0 Å². The zero-order valence-electron chi connectivity index (χ0n) is 18.6.